The second-order valence-electron chi connectivity index (χ2n) is 10.3. The molecule has 9 nitrogen and oxygen atoms in total. The summed E-state index contributed by atoms with van der Waals surface area (Å²) in [6.45, 7) is 4.83. The van der Waals surface area contributed by atoms with E-state index in [1.165, 1.54) is 0 Å². The fourth-order valence-corrected chi connectivity index (χ4v) is 5.04. The van der Waals surface area contributed by atoms with Crippen LogP contribution >= 0.6 is 11.6 Å². The summed E-state index contributed by atoms with van der Waals surface area (Å²) in [4.78, 5) is 11.5. The second kappa shape index (κ2) is 12.7. The van der Waals surface area contributed by atoms with Crippen LogP contribution in [0, 0.1) is 5.92 Å². The SMILES string of the molecule is CC(C)[C@H](NC[C@H]1O[C@@H](c2ccc(Cl)c(Cc3ccc(O[C@H]4CCOC4)cc3)c2)[C@H](O)[C@@H](O)[C@@H]1O)C(=O)O. The number of aliphatic hydroxyl groups excluding tert-OH is 3. The summed E-state index contributed by atoms with van der Waals surface area (Å²) >= 11 is 6.49. The van der Waals surface area contributed by atoms with Crippen LogP contribution in [0.3, 0.4) is 0 Å². The summed E-state index contributed by atoms with van der Waals surface area (Å²) in [6.07, 6.45) is -4.65. The zero-order chi connectivity index (χ0) is 27.4. The molecule has 4 rings (SSSR count). The normalized spacial score (nSPS) is 28.4. The fourth-order valence-electron chi connectivity index (χ4n) is 4.86. The Kier molecular flexibility index (Phi) is 9.64. The Balaban J connectivity index is 1.46. The van der Waals surface area contributed by atoms with Gasteiger partial charge in [-0.2, -0.15) is 0 Å². The predicted octanol–water partition coefficient (Wildman–Crippen LogP) is 2.32. The first-order valence-corrected chi connectivity index (χ1v) is 13.3. The number of aliphatic hydroxyl groups is 3. The van der Waals surface area contributed by atoms with Crippen LogP contribution in [-0.4, -0.2) is 82.7 Å². The van der Waals surface area contributed by atoms with Crippen molar-refractivity contribution < 1.29 is 39.4 Å². The van der Waals surface area contributed by atoms with Crippen LogP contribution in [0.4, 0.5) is 0 Å². The highest BCUT2D eigenvalue weighted by atomic mass is 35.5. The summed E-state index contributed by atoms with van der Waals surface area (Å²) in [5, 5.41) is 44.7. The average molecular weight is 550 g/mol. The van der Waals surface area contributed by atoms with E-state index in [-0.39, 0.29) is 18.6 Å². The molecular formula is C28H36ClNO8. The molecule has 0 amide bonds. The molecule has 0 spiro atoms. The van der Waals surface area contributed by atoms with Gasteiger partial charge in [-0.1, -0.05) is 49.7 Å². The molecule has 0 bridgehead atoms. The first-order valence-electron chi connectivity index (χ1n) is 12.9. The number of aliphatic carboxylic acids is 1. The van der Waals surface area contributed by atoms with E-state index in [0.29, 0.717) is 30.2 Å². The van der Waals surface area contributed by atoms with Crippen molar-refractivity contribution in [3.8, 4) is 5.75 Å². The molecule has 38 heavy (non-hydrogen) atoms. The number of benzene rings is 2. The Labute approximate surface area is 227 Å². The first kappa shape index (κ1) is 28.8. The van der Waals surface area contributed by atoms with Gasteiger partial charge in [0.05, 0.1) is 19.3 Å². The first-order chi connectivity index (χ1) is 18.1. The van der Waals surface area contributed by atoms with Gasteiger partial charge in [0.25, 0.3) is 0 Å². The Morgan fingerprint density at radius 1 is 1.11 bits per heavy atom. The largest absolute Gasteiger partial charge is 0.488 e. The zero-order valence-electron chi connectivity index (χ0n) is 21.5. The number of rotatable bonds is 10. The standard InChI is InChI=1S/C28H36ClNO8/c1-15(2)23(28(34)35)30-13-22-24(31)25(32)26(33)27(38-22)17-5-8-21(29)18(12-17)11-16-3-6-19(7-4-16)37-20-9-10-36-14-20/h3-8,12,15,20,22-27,30-33H,9-11,13-14H2,1-2H3,(H,34,35)/t20-,22+,23-,24+,25-,26+,27-/m0/s1. The van der Waals surface area contributed by atoms with E-state index in [9.17, 15) is 25.2 Å². The minimum atomic E-state index is -1.47. The number of carboxylic acids is 1. The molecule has 0 radical (unpaired) electrons. The lowest BCUT2D eigenvalue weighted by Gasteiger charge is -2.41. The Bertz CT molecular complexity index is 1080. The molecule has 10 heteroatoms. The third kappa shape index (κ3) is 6.84. The van der Waals surface area contributed by atoms with Gasteiger partial charge >= 0.3 is 5.97 Å². The molecule has 5 N–H and O–H groups in total. The summed E-state index contributed by atoms with van der Waals surface area (Å²) in [5.74, 6) is -0.440. The fraction of sp³-hybridized carbons (Fsp3) is 0.536. The van der Waals surface area contributed by atoms with E-state index in [4.69, 9.17) is 25.8 Å². The molecule has 0 saturated carbocycles. The maximum absolute atomic E-state index is 11.5. The van der Waals surface area contributed by atoms with Gasteiger partial charge in [-0.25, -0.2) is 0 Å². The third-order valence-electron chi connectivity index (χ3n) is 7.09. The molecule has 7 atom stereocenters. The van der Waals surface area contributed by atoms with Gasteiger partial charge < -0.3 is 40.0 Å². The molecule has 208 valence electrons. The maximum Gasteiger partial charge on any atom is 0.320 e. The summed E-state index contributed by atoms with van der Waals surface area (Å²) < 4.78 is 17.3. The van der Waals surface area contributed by atoms with Crippen molar-refractivity contribution in [3.63, 3.8) is 0 Å². The predicted molar refractivity (Wildman–Crippen MR) is 140 cm³/mol. The lowest BCUT2D eigenvalue weighted by Crippen LogP contribution is -2.58. The Hall–Kier alpha value is -2.24. The van der Waals surface area contributed by atoms with Crippen LogP contribution < -0.4 is 10.1 Å². The zero-order valence-corrected chi connectivity index (χ0v) is 22.3. The van der Waals surface area contributed by atoms with E-state index in [1.807, 2.05) is 30.3 Å². The van der Waals surface area contributed by atoms with Crippen LogP contribution in [0.2, 0.25) is 5.02 Å². The van der Waals surface area contributed by atoms with E-state index in [0.717, 1.165) is 23.3 Å². The molecule has 0 aromatic heterocycles. The third-order valence-corrected chi connectivity index (χ3v) is 7.46. The van der Waals surface area contributed by atoms with Gasteiger partial charge in [0.2, 0.25) is 0 Å². The van der Waals surface area contributed by atoms with E-state index < -0.39 is 42.5 Å². The highest BCUT2D eigenvalue weighted by Gasteiger charge is 2.44. The maximum atomic E-state index is 11.5. The molecule has 2 aromatic rings. The number of ether oxygens (including phenoxy) is 3. The smallest absolute Gasteiger partial charge is 0.320 e. The summed E-state index contributed by atoms with van der Waals surface area (Å²) in [5.41, 5.74) is 2.40. The van der Waals surface area contributed by atoms with Crippen LogP contribution in [0.5, 0.6) is 5.75 Å². The number of hydrogen-bond acceptors (Lipinski definition) is 8. The Morgan fingerprint density at radius 2 is 1.84 bits per heavy atom. The van der Waals surface area contributed by atoms with Crippen molar-refractivity contribution in [2.24, 2.45) is 5.92 Å². The molecule has 2 fully saturated rings. The molecule has 2 aromatic carbocycles. The van der Waals surface area contributed by atoms with Crippen LogP contribution in [0.1, 0.15) is 43.1 Å². The van der Waals surface area contributed by atoms with Crippen molar-refractivity contribution in [2.75, 3.05) is 19.8 Å². The van der Waals surface area contributed by atoms with Crippen molar-refractivity contribution >= 4 is 17.6 Å². The van der Waals surface area contributed by atoms with E-state index in [2.05, 4.69) is 5.32 Å². The van der Waals surface area contributed by atoms with E-state index in [1.54, 1.807) is 26.0 Å². The number of hydrogen-bond donors (Lipinski definition) is 5. The summed E-state index contributed by atoms with van der Waals surface area (Å²) in [7, 11) is 0. The highest BCUT2D eigenvalue weighted by Crippen LogP contribution is 2.34. The van der Waals surface area contributed by atoms with Gasteiger partial charge in [-0.15, -0.1) is 0 Å². The van der Waals surface area contributed by atoms with Gasteiger partial charge in [-0.05, 0) is 47.2 Å². The van der Waals surface area contributed by atoms with Gasteiger partial charge in [0.15, 0.2) is 0 Å². The topological polar surface area (TPSA) is 138 Å². The number of carboxylic acid groups (broad SMARTS) is 1. The molecule has 2 aliphatic heterocycles. The number of halogens is 1. The monoisotopic (exact) mass is 549 g/mol. The molecule has 0 aliphatic carbocycles. The average Bonchev–Trinajstić information content (AvgIpc) is 3.39. The van der Waals surface area contributed by atoms with Crippen molar-refractivity contribution in [1.29, 1.82) is 0 Å². The number of carbonyl (C=O) groups is 1. The molecule has 0 unspecified atom stereocenters. The van der Waals surface area contributed by atoms with Crippen molar-refractivity contribution in [3.05, 3.63) is 64.2 Å². The lowest BCUT2D eigenvalue weighted by atomic mass is 9.89. The van der Waals surface area contributed by atoms with Gasteiger partial charge in [0.1, 0.15) is 42.3 Å². The second-order valence-corrected chi connectivity index (χ2v) is 10.7. The molecule has 2 saturated heterocycles. The van der Waals surface area contributed by atoms with Crippen LogP contribution in [0.15, 0.2) is 42.5 Å². The molecular weight excluding hydrogens is 514 g/mol. The minimum Gasteiger partial charge on any atom is -0.488 e. The van der Waals surface area contributed by atoms with Crippen LogP contribution in [-0.2, 0) is 20.7 Å². The molecule has 2 heterocycles. The van der Waals surface area contributed by atoms with E-state index >= 15 is 0 Å². The highest BCUT2D eigenvalue weighted by molar-refractivity contribution is 6.31. The van der Waals surface area contributed by atoms with Crippen molar-refractivity contribution in [2.45, 2.75) is 69.4 Å². The minimum absolute atomic E-state index is 0.0154. The summed E-state index contributed by atoms with van der Waals surface area (Å²) in [6, 6.07) is 12.2. The van der Waals surface area contributed by atoms with Crippen molar-refractivity contribution in [1.82, 2.24) is 5.32 Å². The van der Waals surface area contributed by atoms with Gasteiger partial charge in [0, 0.05) is 18.0 Å². The lowest BCUT2D eigenvalue weighted by molar-refractivity contribution is -0.223. The van der Waals surface area contributed by atoms with Crippen LogP contribution in [0.25, 0.3) is 0 Å². The molecule has 2 aliphatic rings. The van der Waals surface area contributed by atoms with Gasteiger partial charge in [-0.3, -0.25) is 4.79 Å². The quantitative estimate of drug-likeness (QED) is 0.302. The number of nitrogens with one attached hydrogen (secondary N) is 1. The Morgan fingerprint density at radius 3 is 2.47 bits per heavy atom.